The van der Waals surface area contributed by atoms with Crippen LogP contribution < -0.4 is 0 Å². The molecule has 0 amide bonds. The second-order valence-corrected chi connectivity index (χ2v) is 4.56. The van der Waals surface area contributed by atoms with Crippen LogP contribution in [-0.4, -0.2) is 41.5 Å². The molecule has 0 bridgehead atoms. The van der Waals surface area contributed by atoms with Crippen molar-refractivity contribution in [3.8, 4) is 0 Å². The van der Waals surface area contributed by atoms with Crippen LogP contribution in [0.25, 0.3) is 0 Å². The highest BCUT2D eigenvalue weighted by atomic mass is 16.3. The number of hydrogen-bond donors (Lipinski definition) is 2. The molecule has 1 heterocycles. The Balaban J connectivity index is 2.61. The van der Waals surface area contributed by atoms with E-state index in [1.165, 1.54) is 0 Å². The summed E-state index contributed by atoms with van der Waals surface area (Å²) in [7, 11) is 2.06. The van der Waals surface area contributed by atoms with Crippen LogP contribution in [0, 0.1) is 11.3 Å². The Kier molecular flexibility index (Phi) is 3.67. The summed E-state index contributed by atoms with van der Waals surface area (Å²) in [6, 6.07) is 0. The molecule has 3 nitrogen and oxygen atoms in total. The highest BCUT2D eigenvalue weighted by Crippen LogP contribution is 2.26. The van der Waals surface area contributed by atoms with Crippen molar-refractivity contribution in [2.75, 3.05) is 20.1 Å². The molecule has 0 radical (unpaired) electrons. The average molecular weight is 198 g/mol. The SMILES string of the molecule is CCC(C)C(=N)C1(O)CCN(C)CC1. The van der Waals surface area contributed by atoms with Crippen LogP contribution in [0.4, 0.5) is 0 Å². The first-order valence-corrected chi connectivity index (χ1v) is 5.49. The van der Waals surface area contributed by atoms with Crippen molar-refractivity contribution in [3.63, 3.8) is 0 Å². The van der Waals surface area contributed by atoms with E-state index in [4.69, 9.17) is 5.41 Å². The van der Waals surface area contributed by atoms with Crippen LogP contribution in [0.5, 0.6) is 0 Å². The maximum Gasteiger partial charge on any atom is 0.105 e. The summed E-state index contributed by atoms with van der Waals surface area (Å²) >= 11 is 0. The molecular formula is C11H22N2O. The first-order valence-electron chi connectivity index (χ1n) is 5.49. The normalized spacial score (nSPS) is 24.6. The van der Waals surface area contributed by atoms with E-state index in [-0.39, 0.29) is 5.92 Å². The maximum absolute atomic E-state index is 10.3. The first-order chi connectivity index (χ1) is 6.49. The quantitative estimate of drug-likeness (QED) is 0.675. The van der Waals surface area contributed by atoms with Crippen molar-refractivity contribution in [3.05, 3.63) is 0 Å². The third-order valence-electron chi connectivity index (χ3n) is 3.42. The van der Waals surface area contributed by atoms with Gasteiger partial charge in [0.1, 0.15) is 5.60 Å². The smallest absolute Gasteiger partial charge is 0.105 e. The standard InChI is InChI=1S/C11H22N2O/c1-4-9(2)10(12)11(14)5-7-13(3)8-6-11/h9,12,14H,4-8H2,1-3H3. The number of likely N-dealkylation sites (tertiary alicyclic amines) is 1. The Labute approximate surface area is 86.6 Å². The van der Waals surface area contributed by atoms with Crippen LogP contribution >= 0.6 is 0 Å². The lowest BCUT2D eigenvalue weighted by Gasteiger charge is -2.38. The third kappa shape index (κ3) is 2.34. The van der Waals surface area contributed by atoms with Gasteiger partial charge in [-0.3, -0.25) is 0 Å². The molecular weight excluding hydrogens is 176 g/mol. The summed E-state index contributed by atoms with van der Waals surface area (Å²) in [5, 5.41) is 18.3. The average Bonchev–Trinajstić information content (AvgIpc) is 2.20. The molecule has 0 spiro atoms. The Morgan fingerprint density at radius 3 is 2.43 bits per heavy atom. The predicted molar refractivity (Wildman–Crippen MR) is 58.9 cm³/mol. The van der Waals surface area contributed by atoms with E-state index >= 15 is 0 Å². The fraction of sp³-hybridized carbons (Fsp3) is 0.909. The Morgan fingerprint density at radius 1 is 1.50 bits per heavy atom. The van der Waals surface area contributed by atoms with Gasteiger partial charge >= 0.3 is 0 Å². The first kappa shape index (κ1) is 11.7. The summed E-state index contributed by atoms with van der Waals surface area (Å²) in [5.74, 6) is 0.211. The molecule has 0 aromatic carbocycles. The van der Waals surface area contributed by atoms with Crippen LogP contribution in [-0.2, 0) is 0 Å². The molecule has 1 saturated heterocycles. The molecule has 1 aliphatic heterocycles. The largest absolute Gasteiger partial charge is 0.384 e. The van der Waals surface area contributed by atoms with E-state index in [1.807, 2.05) is 6.92 Å². The van der Waals surface area contributed by atoms with Gasteiger partial charge < -0.3 is 15.4 Å². The monoisotopic (exact) mass is 198 g/mol. The van der Waals surface area contributed by atoms with Gasteiger partial charge in [-0.2, -0.15) is 0 Å². The zero-order chi connectivity index (χ0) is 10.8. The molecule has 1 unspecified atom stereocenters. The van der Waals surface area contributed by atoms with Gasteiger partial charge in [0.05, 0.1) is 0 Å². The van der Waals surface area contributed by atoms with Gasteiger partial charge in [0, 0.05) is 18.8 Å². The fourth-order valence-electron chi connectivity index (χ4n) is 1.92. The highest BCUT2D eigenvalue weighted by molar-refractivity contribution is 5.91. The zero-order valence-corrected chi connectivity index (χ0v) is 9.51. The molecule has 1 fully saturated rings. The Morgan fingerprint density at radius 2 is 2.00 bits per heavy atom. The summed E-state index contributed by atoms with van der Waals surface area (Å²) in [6.45, 7) is 5.89. The summed E-state index contributed by atoms with van der Waals surface area (Å²) in [5.41, 5.74) is -0.282. The van der Waals surface area contributed by atoms with Gasteiger partial charge in [-0.05, 0) is 32.2 Å². The number of piperidine rings is 1. The molecule has 0 aromatic rings. The summed E-state index contributed by atoms with van der Waals surface area (Å²) in [4.78, 5) is 2.21. The topological polar surface area (TPSA) is 47.3 Å². The van der Waals surface area contributed by atoms with Crippen molar-refractivity contribution in [2.45, 2.75) is 38.7 Å². The third-order valence-corrected chi connectivity index (χ3v) is 3.42. The fourth-order valence-corrected chi connectivity index (χ4v) is 1.92. The molecule has 3 heteroatoms. The van der Waals surface area contributed by atoms with Gasteiger partial charge in [0.25, 0.3) is 0 Å². The van der Waals surface area contributed by atoms with E-state index in [9.17, 15) is 5.11 Å². The van der Waals surface area contributed by atoms with Crippen molar-refractivity contribution in [1.29, 1.82) is 5.41 Å². The van der Waals surface area contributed by atoms with E-state index < -0.39 is 5.60 Å². The van der Waals surface area contributed by atoms with Gasteiger partial charge in [-0.15, -0.1) is 0 Å². The molecule has 2 N–H and O–H groups in total. The molecule has 1 rings (SSSR count). The van der Waals surface area contributed by atoms with E-state index in [2.05, 4.69) is 18.9 Å². The lowest BCUT2D eigenvalue weighted by molar-refractivity contribution is 0.0390. The molecule has 82 valence electrons. The van der Waals surface area contributed by atoms with Gasteiger partial charge in [-0.1, -0.05) is 13.8 Å². The molecule has 0 aliphatic carbocycles. The number of nitrogens with zero attached hydrogens (tertiary/aromatic N) is 1. The van der Waals surface area contributed by atoms with Crippen molar-refractivity contribution in [1.82, 2.24) is 4.90 Å². The Bertz CT molecular complexity index is 207. The number of nitrogens with one attached hydrogen (secondary N) is 1. The van der Waals surface area contributed by atoms with Crippen molar-refractivity contribution >= 4 is 5.71 Å². The second kappa shape index (κ2) is 4.41. The minimum Gasteiger partial charge on any atom is -0.384 e. The summed E-state index contributed by atoms with van der Waals surface area (Å²) < 4.78 is 0. The summed E-state index contributed by atoms with van der Waals surface area (Å²) in [6.07, 6.45) is 2.37. The number of hydrogen-bond acceptors (Lipinski definition) is 3. The van der Waals surface area contributed by atoms with E-state index in [0.717, 1.165) is 19.5 Å². The van der Waals surface area contributed by atoms with E-state index in [1.54, 1.807) is 0 Å². The molecule has 1 atom stereocenters. The van der Waals surface area contributed by atoms with Crippen LogP contribution in [0.15, 0.2) is 0 Å². The molecule has 0 aromatic heterocycles. The maximum atomic E-state index is 10.3. The van der Waals surface area contributed by atoms with Gasteiger partial charge in [-0.25, -0.2) is 0 Å². The molecule has 14 heavy (non-hydrogen) atoms. The lowest BCUT2D eigenvalue weighted by atomic mass is 9.80. The molecule has 1 aliphatic rings. The minimum atomic E-state index is -0.818. The van der Waals surface area contributed by atoms with Crippen LogP contribution in [0.1, 0.15) is 33.1 Å². The second-order valence-electron chi connectivity index (χ2n) is 4.56. The highest BCUT2D eigenvalue weighted by Gasteiger charge is 2.36. The van der Waals surface area contributed by atoms with E-state index in [0.29, 0.717) is 18.6 Å². The van der Waals surface area contributed by atoms with Gasteiger partial charge in [0.2, 0.25) is 0 Å². The predicted octanol–water partition coefficient (Wildman–Crippen LogP) is 1.51. The van der Waals surface area contributed by atoms with Crippen LogP contribution in [0.2, 0.25) is 0 Å². The van der Waals surface area contributed by atoms with Crippen molar-refractivity contribution in [2.24, 2.45) is 5.92 Å². The van der Waals surface area contributed by atoms with Crippen LogP contribution in [0.3, 0.4) is 0 Å². The molecule has 0 saturated carbocycles. The van der Waals surface area contributed by atoms with Crippen molar-refractivity contribution < 1.29 is 5.11 Å². The van der Waals surface area contributed by atoms with Gasteiger partial charge in [0.15, 0.2) is 0 Å². The number of aliphatic hydroxyl groups is 1. The minimum absolute atomic E-state index is 0.211. The zero-order valence-electron chi connectivity index (χ0n) is 9.51. The lowest BCUT2D eigenvalue weighted by Crippen LogP contribution is -2.49. The Hall–Kier alpha value is -0.410. The number of rotatable bonds is 3.